The Balaban J connectivity index is 2.11. The van der Waals surface area contributed by atoms with Crippen molar-refractivity contribution in [1.29, 1.82) is 0 Å². The third kappa shape index (κ3) is 8.45. The second-order valence-corrected chi connectivity index (χ2v) is 13.3. The summed E-state index contributed by atoms with van der Waals surface area (Å²) in [6.45, 7) is 16.0. The van der Waals surface area contributed by atoms with E-state index in [1.807, 2.05) is 47.6 Å². The van der Waals surface area contributed by atoms with Crippen LogP contribution in [0, 0.1) is 17.3 Å². The lowest BCUT2D eigenvalue weighted by Gasteiger charge is -2.45. The van der Waals surface area contributed by atoms with Gasteiger partial charge in [0.2, 0.25) is 0 Å². The van der Waals surface area contributed by atoms with Crippen LogP contribution in [-0.4, -0.2) is 31.3 Å². The fourth-order valence-corrected chi connectivity index (χ4v) is 5.95. The lowest BCUT2D eigenvalue weighted by Crippen LogP contribution is -2.51. The number of carbonyl (C=O) groups is 3. The molecule has 0 bridgehead atoms. The van der Waals surface area contributed by atoms with Crippen molar-refractivity contribution in [3.05, 3.63) is 99.1 Å². The van der Waals surface area contributed by atoms with Crippen LogP contribution in [-0.2, 0) is 25.7 Å². The minimum Gasteiger partial charge on any atom is -0.489 e. The van der Waals surface area contributed by atoms with Crippen LogP contribution in [0.15, 0.2) is 82.4 Å². The van der Waals surface area contributed by atoms with E-state index in [2.05, 4.69) is 34.7 Å². The molecule has 44 heavy (non-hydrogen) atoms. The van der Waals surface area contributed by atoms with Gasteiger partial charge in [-0.2, -0.15) is 0 Å². The first-order valence-electron chi connectivity index (χ1n) is 15.0. The number of halogens is 1. The molecule has 0 spiro atoms. The highest BCUT2D eigenvalue weighted by molar-refractivity contribution is 9.10. The maximum absolute atomic E-state index is 14.7. The molecule has 1 saturated carbocycles. The lowest BCUT2D eigenvalue weighted by atomic mass is 9.57. The number of methoxy groups -OCH3 is 1. The maximum atomic E-state index is 14.7. The Morgan fingerprint density at radius 2 is 1.64 bits per heavy atom. The predicted octanol–water partition coefficient (Wildman–Crippen LogP) is 8.94. The van der Waals surface area contributed by atoms with Crippen molar-refractivity contribution in [3.63, 3.8) is 0 Å². The highest BCUT2D eigenvalue weighted by atomic mass is 79.9. The molecular formula is C37H45BrO6. The van der Waals surface area contributed by atoms with Crippen LogP contribution in [0.3, 0.4) is 0 Å². The van der Waals surface area contributed by atoms with Crippen LogP contribution in [0.5, 0.6) is 5.75 Å². The summed E-state index contributed by atoms with van der Waals surface area (Å²) in [7, 11) is 1.50. The van der Waals surface area contributed by atoms with Crippen molar-refractivity contribution >= 4 is 33.5 Å². The summed E-state index contributed by atoms with van der Waals surface area (Å²) in [4.78, 5) is 41.5. The van der Waals surface area contributed by atoms with Gasteiger partial charge >= 0.3 is 5.97 Å². The molecule has 0 aromatic heterocycles. The summed E-state index contributed by atoms with van der Waals surface area (Å²) in [6, 6.07) is 12.3. The molecule has 0 amide bonds. The molecular weight excluding hydrogens is 620 g/mol. The topological polar surface area (TPSA) is 78.9 Å². The second-order valence-electron chi connectivity index (χ2n) is 12.4. The van der Waals surface area contributed by atoms with Crippen molar-refractivity contribution < 1.29 is 28.6 Å². The van der Waals surface area contributed by atoms with E-state index in [9.17, 15) is 14.4 Å². The van der Waals surface area contributed by atoms with Crippen molar-refractivity contribution in [1.82, 2.24) is 0 Å². The number of rotatable bonds is 13. The normalized spacial score (nSPS) is 18.3. The average Bonchev–Trinajstić information content (AvgIpc) is 2.97. The van der Waals surface area contributed by atoms with Crippen LogP contribution in [0.1, 0.15) is 88.4 Å². The number of hydrogen-bond donors (Lipinski definition) is 0. The maximum Gasteiger partial charge on any atom is 0.338 e. The molecule has 0 heterocycles. The van der Waals surface area contributed by atoms with Crippen molar-refractivity contribution in [2.24, 2.45) is 17.3 Å². The highest BCUT2D eigenvalue weighted by Crippen LogP contribution is 2.50. The molecule has 2 aromatic rings. The lowest BCUT2D eigenvalue weighted by molar-refractivity contribution is -0.154. The van der Waals surface area contributed by atoms with Crippen LogP contribution in [0.25, 0.3) is 0 Å². The molecule has 3 atom stereocenters. The van der Waals surface area contributed by atoms with Gasteiger partial charge in [0.25, 0.3) is 0 Å². The zero-order valence-electron chi connectivity index (χ0n) is 27.0. The van der Waals surface area contributed by atoms with Gasteiger partial charge in [0.1, 0.15) is 36.8 Å². The fourth-order valence-electron chi connectivity index (χ4n) is 5.69. The number of ether oxygens (including phenoxy) is 3. The summed E-state index contributed by atoms with van der Waals surface area (Å²) < 4.78 is 18.8. The Hall–Kier alpha value is -3.29. The van der Waals surface area contributed by atoms with Gasteiger partial charge in [0.05, 0.1) is 5.56 Å². The first kappa shape index (κ1) is 35.2. The summed E-state index contributed by atoms with van der Waals surface area (Å²) in [5.41, 5.74) is 3.80. The van der Waals surface area contributed by atoms with Crippen molar-refractivity contribution in [3.8, 4) is 5.75 Å². The Morgan fingerprint density at radius 1 is 1.02 bits per heavy atom. The van der Waals surface area contributed by atoms with Gasteiger partial charge in [0.15, 0.2) is 5.78 Å². The van der Waals surface area contributed by atoms with Gasteiger partial charge in [0, 0.05) is 29.0 Å². The molecule has 1 aliphatic carbocycles. The van der Waals surface area contributed by atoms with Crippen molar-refractivity contribution in [2.75, 3.05) is 13.7 Å². The molecule has 0 N–H and O–H groups in total. The molecule has 3 rings (SSSR count). The third-order valence-electron chi connectivity index (χ3n) is 8.23. The summed E-state index contributed by atoms with van der Waals surface area (Å²) >= 11 is 3.38. The summed E-state index contributed by atoms with van der Waals surface area (Å²) in [5, 5.41) is 0. The Morgan fingerprint density at radius 3 is 2.18 bits per heavy atom. The number of allylic oxidation sites excluding steroid dienone is 4. The number of Topliss-reactive ketones (excluding diaryl/α,β-unsaturated/α-hetero) is 2. The van der Waals surface area contributed by atoms with Crippen LogP contribution >= 0.6 is 15.9 Å². The largest absolute Gasteiger partial charge is 0.489 e. The molecule has 0 radical (unpaired) electrons. The van der Waals surface area contributed by atoms with E-state index >= 15 is 0 Å². The van der Waals surface area contributed by atoms with Gasteiger partial charge in [-0.1, -0.05) is 64.9 Å². The Labute approximate surface area is 270 Å². The summed E-state index contributed by atoms with van der Waals surface area (Å²) in [6.07, 6.45) is 4.57. The number of esters is 1. The third-order valence-corrected chi connectivity index (χ3v) is 8.76. The second kappa shape index (κ2) is 15.6. The minimum atomic E-state index is -1.05. The molecule has 6 nitrogen and oxygen atoms in total. The first-order chi connectivity index (χ1) is 20.8. The first-order valence-corrected chi connectivity index (χ1v) is 15.8. The predicted molar refractivity (Wildman–Crippen MR) is 178 cm³/mol. The fraction of sp³-hybridized carbons (Fsp3) is 0.432. The minimum absolute atomic E-state index is 0.0967. The quantitative estimate of drug-likeness (QED) is 0.121. The Bertz CT molecular complexity index is 1410. The molecule has 0 saturated heterocycles. The average molecular weight is 666 g/mol. The SMILES string of the molecule is C=C(C)COc1cccc(COC(=O)c2ccc(Br)cc2)c1C(OC)C1C(=O)CC(C)C(CC=C(C)C)(CC=C(C)C)C1=O. The molecule has 3 unspecified atom stereocenters. The Kier molecular flexibility index (Phi) is 12.5. The van der Waals surface area contributed by atoms with E-state index in [0.29, 0.717) is 35.3 Å². The zero-order chi connectivity index (χ0) is 32.6. The van der Waals surface area contributed by atoms with Crippen LogP contribution in [0.4, 0.5) is 0 Å². The van der Waals surface area contributed by atoms with E-state index in [1.165, 1.54) is 7.11 Å². The van der Waals surface area contributed by atoms with Crippen LogP contribution in [0.2, 0.25) is 0 Å². The highest BCUT2D eigenvalue weighted by Gasteiger charge is 2.54. The van der Waals surface area contributed by atoms with E-state index < -0.39 is 23.4 Å². The van der Waals surface area contributed by atoms with Gasteiger partial charge in [-0.05, 0) is 94.8 Å². The van der Waals surface area contributed by atoms with Gasteiger partial charge in [-0.25, -0.2) is 4.79 Å². The number of hydrogen-bond acceptors (Lipinski definition) is 6. The van der Waals surface area contributed by atoms with Gasteiger partial charge < -0.3 is 14.2 Å². The van der Waals surface area contributed by atoms with E-state index in [4.69, 9.17) is 14.2 Å². The number of ketones is 2. The summed E-state index contributed by atoms with van der Waals surface area (Å²) in [5.74, 6) is -1.53. The van der Waals surface area contributed by atoms with Crippen molar-refractivity contribution in [2.45, 2.75) is 73.5 Å². The number of carbonyl (C=O) groups excluding carboxylic acids is 3. The van der Waals surface area contributed by atoms with Gasteiger partial charge in [-0.3, -0.25) is 9.59 Å². The number of benzene rings is 2. The molecule has 1 fully saturated rings. The standard InChI is InChI=1S/C37H45BrO6/c1-23(2)16-18-37(19-17-24(3)4)26(7)20-30(39)33(35(37)40)34(42-8)32-28(10-9-11-31(32)43-21-25(5)6)22-44-36(41)27-12-14-29(38)15-13-27/h9-17,26,33-34H,5,18-22H2,1-4,6-8H3. The zero-order valence-corrected chi connectivity index (χ0v) is 28.6. The monoisotopic (exact) mass is 664 g/mol. The molecule has 7 heteroatoms. The molecule has 2 aromatic carbocycles. The molecule has 1 aliphatic rings. The molecule has 0 aliphatic heterocycles. The van der Waals surface area contributed by atoms with Gasteiger partial charge in [-0.15, -0.1) is 0 Å². The van der Waals surface area contributed by atoms with Crippen LogP contribution < -0.4 is 4.74 Å². The molecule has 236 valence electrons. The van der Waals surface area contributed by atoms with E-state index in [-0.39, 0.29) is 37.1 Å². The smallest absolute Gasteiger partial charge is 0.338 e. The van der Waals surface area contributed by atoms with E-state index in [1.54, 1.807) is 36.4 Å². The van der Waals surface area contributed by atoms with E-state index in [0.717, 1.165) is 21.2 Å².